The second-order valence-corrected chi connectivity index (χ2v) is 8.03. The maximum Gasteiger partial charge on any atom is 0.338 e. The molecular weight excluding hydrogens is 416 g/mol. The van der Waals surface area contributed by atoms with E-state index in [0.717, 1.165) is 0 Å². The molecule has 0 fully saturated rings. The minimum Gasteiger partial charge on any atom is -0.487 e. The van der Waals surface area contributed by atoms with E-state index in [1.165, 1.54) is 10.5 Å². The van der Waals surface area contributed by atoms with Gasteiger partial charge in [-0.2, -0.15) is 0 Å². The van der Waals surface area contributed by atoms with E-state index < -0.39 is 12.0 Å². The highest BCUT2D eigenvalue weighted by atomic mass is 35.5. The molecule has 2 aromatic rings. The van der Waals surface area contributed by atoms with Crippen molar-refractivity contribution in [1.29, 1.82) is 0 Å². The molecule has 1 heterocycles. The zero-order valence-corrected chi connectivity index (χ0v) is 18.9. The van der Waals surface area contributed by atoms with Gasteiger partial charge in [-0.3, -0.25) is 4.90 Å². The van der Waals surface area contributed by atoms with Crippen LogP contribution in [0.3, 0.4) is 0 Å². The summed E-state index contributed by atoms with van der Waals surface area (Å²) in [7, 11) is 1.60. The molecule has 1 N–H and O–H groups in total. The van der Waals surface area contributed by atoms with Crippen molar-refractivity contribution in [3.63, 3.8) is 0 Å². The fourth-order valence-electron chi connectivity index (χ4n) is 3.42. The number of hydrogen-bond donors (Lipinski definition) is 1. The van der Waals surface area contributed by atoms with Crippen molar-refractivity contribution in [2.24, 2.45) is 0 Å². The first-order valence-electron chi connectivity index (χ1n) is 10.2. The summed E-state index contributed by atoms with van der Waals surface area (Å²) in [6.07, 6.45) is 0. The van der Waals surface area contributed by atoms with Crippen molar-refractivity contribution >= 4 is 23.6 Å². The monoisotopic (exact) mass is 442 g/mol. The second-order valence-electron chi connectivity index (χ2n) is 7.59. The summed E-state index contributed by atoms with van der Waals surface area (Å²) in [6, 6.07) is 13.8. The van der Waals surface area contributed by atoms with Crippen LogP contribution in [0.4, 0.5) is 4.79 Å². The number of nitrogens with one attached hydrogen (secondary N) is 1. The highest BCUT2D eigenvalue weighted by molar-refractivity contribution is 6.30. The summed E-state index contributed by atoms with van der Waals surface area (Å²) in [5, 5.41) is 3.37. The Bertz CT molecular complexity index is 985. The summed E-state index contributed by atoms with van der Waals surface area (Å²) in [5.74, 6) is 0.561. The molecule has 1 aliphatic rings. The number of nitrogens with zero attached hydrogens (tertiary/aromatic N) is 1. The minimum atomic E-state index is -0.691. The van der Waals surface area contributed by atoms with Gasteiger partial charge in [0, 0.05) is 12.1 Å². The van der Waals surface area contributed by atoms with Crippen LogP contribution >= 0.6 is 11.6 Å². The van der Waals surface area contributed by atoms with Crippen molar-refractivity contribution < 1.29 is 19.1 Å². The van der Waals surface area contributed by atoms with E-state index in [0.29, 0.717) is 33.5 Å². The maximum atomic E-state index is 12.9. The van der Waals surface area contributed by atoms with Gasteiger partial charge in [-0.1, -0.05) is 49.7 Å². The second kappa shape index (κ2) is 9.88. The first-order chi connectivity index (χ1) is 14.8. The third-order valence-corrected chi connectivity index (χ3v) is 5.41. The van der Waals surface area contributed by atoms with Crippen LogP contribution in [0, 0.1) is 0 Å². The molecule has 0 aromatic heterocycles. The number of amides is 2. The van der Waals surface area contributed by atoms with Gasteiger partial charge in [0.05, 0.1) is 23.9 Å². The van der Waals surface area contributed by atoms with Gasteiger partial charge in [-0.05, 0) is 48.2 Å². The van der Waals surface area contributed by atoms with Crippen LogP contribution in [-0.4, -0.2) is 37.2 Å². The van der Waals surface area contributed by atoms with E-state index in [9.17, 15) is 9.59 Å². The Balaban J connectivity index is 1.98. The Morgan fingerprint density at radius 2 is 1.90 bits per heavy atom. The van der Waals surface area contributed by atoms with Gasteiger partial charge in [0.25, 0.3) is 0 Å². The van der Waals surface area contributed by atoms with E-state index in [1.54, 1.807) is 32.2 Å². The smallest absolute Gasteiger partial charge is 0.338 e. The number of likely N-dealkylation sites (N-methyl/N-ethyl adjacent to an activating group) is 1. The first kappa shape index (κ1) is 22.7. The van der Waals surface area contributed by atoms with Gasteiger partial charge in [0.1, 0.15) is 12.4 Å². The van der Waals surface area contributed by atoms with Gasteiger partial charge in [0.2, 0.25) is 0 Å². The number of rotatable bonds is 7. The summed E-state index contributed by atoms with van der Waals surface area (Å²) in [5.41, 5.74) is 2.66. The summed E-state index contributed by atoms with van der Waals surface area (Å²) in [6.45, 7) is 6.24. The number of esters is 1. The van der Waals surface area contributed by atoms with E-state index >= 15 is 0 Å². The highest BCUT2D eigenvalue weighted by Gasteiger charge is 2.37. The number of carbonyl (C=O) groups excluding carboxylic acids is 2. The summed E-state index contributed by atoms with van der Waals surface area (Å²) < 4.78 is 11.3. The van der Waals surface area contributed by atoms with Crippen molar-refractivity contribution in [2.75, 3.05) is 20.3 Å². The molecule has 2 aromatic carbocycles. The minimum absolute atomic E-state index is 0.0379. The van der Waals surface area contributed by atoms with E-state index in [4.69, 9.17) is 21.1 Å². The predicted molar refractivity (Wildman–Crippen MR) is 120 cm³/mol. The molecule has 0 radical (unpaired) electrons. The molecule has 0 bridgehead atoms. The number of halogens is 1. The van der Waals surface area contributed by atoms with Gasteiger partial charge in [0.15, 0.2) is 0 Å². The Morgan fingerprint density at radius 3 is 2.52 bits per heavy atom. The number of hydrogen-bond acceptors (Lipinski definition) is 4. The molecule has 1 aliphatic heterocycles. The third-order valence-electron chi connectivity index (χ3n) is 5.18. The molecule has 7 heteroatoms. The maximum absolute atomic E-state index is 12.9. The standard InChI is InChI=1S/C24H27ClN2O4/c1-5-30-23(28)21-20(14-31-19-11-9-16(10-12-19)15(2)3)27(4)24(29)26-22(21)17-7-6-8-18(25)13-17/h6-13,15,22H,5,14H2,1-4H3,(H,26,29)/t22-/m0/s1. The third kappa shape index (κ3) is 5.20. The van der Waals surface area contributed by atoms with E-state index in [2.05, 4.69) is 19.2 Å². The van der Waals surface area contributed by atoms with Gasteiger partial charge in [-0.15, -0.1) is 0 Å². The molecule has 0 aliphatic carbocycles. The molecule has 0 spiro atoms. The molecule has 0 unspecified atom stereocenters. The Morgan fingerprint density at radius 1 is 1.19 bits per heavy atom. The van der Waals surface area contributed by atoms with Gasteiger partial charge < -0.3 is 14.8 Å². The summed E-state index contributed by atoms with van der Waals surface area (Å²) >= 11 is 6.15. The SMILES string of the molecule is CCOC(=O)C1=C(COc2ccc(C(C)C)cc2)N(C)C(=O)N[C@H]1c1cccc(Cl)c1. The Kier molecular flexibility index (Phi) is 7.23. The normalized spacial score (nSPS) is 16.4. The topological polar surface area (TPSA) is 67.9 Å². The molecule has 0 saturated heterocycles. The van der Waals surface area contributed by atoms with E-state index in [-0.39, 0.29) is 19.2 Å². The number of urea groups is 1. The predicted octanol–water partition coefficient (Wildman–Crippen LogP) is 5.06. The molecule has 2 amide bonds. The lowest BCUT2D eigenvalue weighted by atomic mass is 9.95. The number of carbonyl (C=O) groups is 2. The van der Waals surface area contributed by atoms with Crippen LogP contribution < -0.4 is 10.1 Å². The molecule has 31 heavy (non-hydrogen) atoms. The number of ether oxygens (including phenoxy) is 2. The molecule has 3 rings (SSSR count). The molecule has 6 nitrogen and oxygen atoms in total. The van der Waals surface area contributed by atoms with Crippen LogP contribution in [-0.2, 0) is 9.53 Å². The average Bonchev–Trinajstić information content (AvgIpc) is 2.74. The largest absolute Gasteiger partial charge is 0.487 e. The first-order valence-corrected chi connectivity index (χ1v) is 10.6. The molecular formula is C24H27ClN2O4. The fourth-order valence-corrected chi connectivity index (χ4v) is 3.62. The molecule has 0 saturated carbocycles. The van der Waals surface area contributed by atoms with E-state index in [1.807, 2.05) is 30.3 Å². The Hall–Kier alpha value is -2.99. The zero-order valence-electron chi connectivity index (χ0n) is 18.1. The highest BCUT2D eigenvalue weighted by Crippen LogP contribution is 2.32. The van der Waals surface area contributed by atoms with Crippen molar-refractivity contribution in [2.45, 2.75) is 32.7 Å². The zero-order chi connectivity index (χ0) is 22.5. The number of benzene rings is 2. The van der Waals surface area contributed by atoms with Crippen molar-refractivity contribution in [3.05, 3.63) is 76.0 Å². The van der Waals surface area contributed by atoms with Gasteiger partial charge in [-0.25, -0.2) is 9.59 Å². The molecule has 164 valence electrons. The van der Waals surface area contributed by atoms with Crippen LogP contribution in [0.5, 0.6) is 5.75 Å². The van der Waals surface area contributed by atoms with Crippen molar-refractivity contribution in [1.82, 2.24) is 10.2 Å². The van der Waals surface area contributed by atoms with Crippen LogP contribution in [0.2, 0.25) is 5.02 Å². The van der Waals surface area contributed by atoms with Gasteiger partial charge >= 0.3 is 12.0 Å². The lowest BCUT2D eigenvalue weighted by Gasteiger charge is -2.34. The van der Waals surface area contributed by atoms with Crippen LogP contribution in [0.15, 0.2) is 59.8 Å². The van der Waals surface area contributed by atoms with Crippen LogP contribution in [0.1, 0.15) is 43.9 Å². The van der Waals surface area contributed by atoms with Crippen LogP contribution in [0.25, 0.3) is 0 Å². The fraction of sp³-hybridized carbons (Fsp3) is 0.333. The quantitative estimate of drug-likeness (QED) is 0.609. The van der Waals surface area contributed by atoms with Crippen molar-refractivity contribution in [3.8, 4) is 5.75 Å². The lowest BCUT2D eigenvalue weighted by molar-refractivity contribution is -0.139. The average molecular weight is 443 g/mol. The summed E-state index contributed by atoms with van der Waals surface area (Å²) in [4.78, 5) is 27.0. The Labute approximate surface area is 187 Å². The molecule has 1 atom stereocenters. The lowest BCUT2D eigenvalue weighted by Crippen LogP contribution is -2.48.